The average Bonchev–Trinajstić information content (AvgIpc) is 2.68. The highest BCUT2D eigenvalue weighted by molar-refractivity contribution is 9.10. The summed E-state index contributed by atoms with van der Waals surface area (Å²) in [6.45, 7) is 4.79. The maximum atomic E-state index is 13.4. The normalized spacial score (nSPS) is 10.6. The lowest BCUT2D eigenvalue weighted by Gasteiger charge is -2.10. The molecule has 4 heteroatoms. The minimum atomic E-state index is -0.235. The molecule has 1 heterocycles. The summed E-state index contributed by atoms with van der Waals surface area (Å²) in [5.41, 5.74) is 3.16. The van der Waals surface area contributed by atoms with E-state index in [1.54, 1.807) is 17.4 Å². The number of nitrogens with one attached hydrogen (secondary N) is 1. The molecule has 2 rings (SSSR count). The maximum absolute atomic E-state index is 13.4. The second kappa shape index (κ2) is 5.19. The second-order valence-corrected chi connectivity index (χ2v) is 5.82. The molecule has 0 saturated carbocycles. The molecule has 17 heavy (non-hydrogen) atoms. The SMILES string of the molecule is Cc1cc(Br)c(F)cc1NCc1sccc1C. The molecule has 1 aromatic carbocycles. The van der Waals surface area contributed by atoms with E-state index >= 15 is 0 Å². The zero-order valence-corrected chi connectivity index (χ0v) is 12.1. The van der Waals surface area contributed by atoms with Gasteiger partial charge in [0.25, 0.3) is 0 Å². The van der Waals surface area contributed by atoms with Gasteiger partial charge in [0.2, 0.25) is 0 Å². The number of halogens is 2. The van der Waals surface area contributed by atoms with E-state index in [1.165, 1.54) is 16.5 Å². The van der Waals surface area contributed by atoms with Gasteiger partial charge in [0.15, 0.2) is 0 Å². The highest BCUT2D eigenvalue weighted by Crippen LogP contribution is 2.25. The number of aryl methyl sites for hydroxylation is 2. The Labute approximate surface area is 113 Å². The highest BCUT2D eigenvalue weighted by Gasteiger charge is 2.06. The smallest absolute Gasteiger partial charge is 0.139 e. The minimum absolute atomic E-state index is 0.235. The van der Waals surface area contributed by atoms with Crippen LogP contribution in [0.5, 0.6) is 0 Å². The molecule has 2 aromatic rings. The van der Waals surface area contributed by atoms with Gasteiger partial charge in [-0.3, -0.25) is 0 Å². The van der Waals surface area contributed by atoms with Gasteiger partial charge in [-0.1, -0.05) is 0 Å². The molecule has 0 spiro atoms. The van der Waals surface area contributed by atoms with Gasteiger partial charge in [-0.2, -0.15) is 0 Å². The van der Waals surface area contributed by atoms with Crippen molar-refractivity contribution in [2.45, 2.75) is 20.4 Å². The Morgan fingerprint density at radius 3 is 2.71 bits per heavy atom. The van der Waals surface area contributed by atoms with Gasteiger partial charge in [-0.25, -0.2) is 4.39 Å². The van der Waals surface area contributed by atoms with Gasteiger partial charge >= 0.3 is 0 Å². The first kappa shape index (κ1) is 12.6. The van der Waals surface area contributed by atoms with E-state index in [2.05, 4.69) is 39.6 Å². The summed E-state index contributed by atoms with van der Waals surface area (Å²) in [5.74, 6) is -0.235. The van der Waals surface area contributed by atoms with E-state index in [4.69, 9.17) is 0 Å². The first-order valence-corrected chi connectivity index (χ1v) is 6.97. The summed E-state index contributed by atoms with van der Waals surface area (Å²) < 4.78 is 13.9. The van der Waals surface area contributed by atoms with Gasteiger partial charge in [-0.15, -0.1) is 11.3 Å². The maximum Gasteiger partial charge on any atom is 0.139 e. The molecule has 1 aromatic heterocycles. The van der Waals surface area contributed by atoms with Crippen LogP contribution in [0, 0.1) is 19.7 Å². The number of benzene rings is 1. The summed E-state index contributed by atoms with van der Waals surface area (Å²) in [6, 6.07) is 5.41. The predicted octanol–water partition coefficient (Wildman–Crippen LogP) is 4.88. The Hall–Kier alpha value is -0.870. The number of thiophene rings is 1. The fraction of sp³-hybridized carbons (Fsp3) is 0.231. The Morgan fingerprint density at radius 1 is 1.29 bits per heavy atom. The highest BCUT2D eigenvalue weighted by atomic mass is 79.9. The monoisotopic (exact) mass is 313 g/mol. The minimum Gasteiger partial charge on any atom is -0.380 e. The molecule has 0 amide bonds. The van der Waals surface area contributed by atoms with Gasteiger partial charge in [0.05, 0.1) is 4.47 Å². The van der Waals surface area contributed by atoms with Crippen molar-refractivity contribution in [1.29, 1.82) is 0 Å². The molecule has 0 aliphatic carbocycles. The molecular formula is C13H13BrFNS. The molecule has 0 radical (unpaired) electrons. The molecule has 0 unspecified atom stereocenters. The van der Waals surface area contributed by atoms with Crippen molar-refractivity contribution < 1.29 is 4.39 Å². The van der Waals surface area contributed by atoms with Crippen LogP contribution < -0.4 is 5.32 Å². The van der Waals surface area contributed by atoms with Crippen molar-refractivity contribution in [2.75, 3.05) is 5.32 Å². The lowest BCUT2D eigenvalue weighted by Crippen LogP contribution is -2.01. The fourth-order valence-electron chi connectivity index (χ4n) is 1.60. The Bertz CT molecular complexity index is 536. The molecule has 0 saturated heterocycles. The number of hydrogen-bond acceptors (Lipinski definition) is 2. The first-order valence-electron chi connectivity index (χ1n) is 5.30. The molecule has 0 bridgehead atoms. The topological polar surface area (TPSA) is 12.0 Å². The third-order valence-electron chi connectivity index (χ3n) is 2.67. The molecule has 1 nitrogen and oxygen atoms in total. The number of hydrogen-bond donors (Lipinski definition) is 1. The summed E-state index contributed by atoms with van der Waals surface area (Å²) >= 11 is 4.90. The number of anilines is 1. The van der Waals surface area contributed by atoms with Crippen LogP contribution in [-0.2, 0) is 6.54 Å². The van der Waals surface area contributed by atoms with Crippen molar-refractivity contribution in [3.05, 3.63) is 49.9 Å². The fourth-order valence-corrected chi connectivity index (χ4v) is 2.90. The second-order valence-electron chi connectivity index (χ2n) is 3.96. The standard InChI is InChI=1S/C13H13BrFNS/c1-8-3-4-17-13(8)7-16-12-6-11(15)10(14)5-9(12)2/h3-6,16H,7H2,1-2H3. The van der Waals surface area contributed by atoms with Gasteiger partial charge < -0.3 is 5.32 Å². The van der Waals surface area contributed by atoms with Crippen LogP contribution in [0.4, 0.5) is 10.1 Å². The third kappa shape index (κ3) is 2.87. The number of rotatable bonds is 3. The van der Waals surface area contributed by atoms with E-state index < -0.39 is 0 Å². The van der Waals surface area contributed by atoms with Crippen LogP contribution in [0.2, 0.25) is 0 Å². The molecule has 0 aliphatic heterocycles. The lowest BCUT2D eigenvalue weighted by molar-refractivity contribution is 0.621. The van der Waals surface area contributed by atoms with E-state index in [0.717, 1.165) is 17.8 Å². The van der Waals surface area contributed by atoms with Crippen LogP contribution in [-0.4, -0.2) is 0 Å². The Morgan fingerprint density at radius 2 is 2.06 bits per heavy atom. The Balaban J connectivity index is 2.14. The van der Waals surface area contributed by atoms with Crippen LogP contribution in [0.25, 0.3) is 0 Å². The quantitative estimate of drug-likeness (QED) is 0.851. The van der Waals surface area contributed by atoms with Gasteiger partial charge in [0, 0.05) is 17.1 Å². The third-order valence-corrected chi connectivity index (χ3v) is 4.31. The molecule has 0 fully saturated rings. The summed E-state index contributed by atoms with van der Waals surface area (Å²) in [7, 11) is 0. The van der Waals surface area contributed by atoms with Crippen molar-refractivity contribution in [1.82, 2.24) is 0 Å². The van der Waals surface area contributed by atoms with E-state index in [1.807, 2.05) is 6.92 Å². The lowest BCUT2D eigenvalue weighted by atomic mass is 10.2. The summed E-state index contributed by atoms with van der Waals surface area (Å²) in [6.07, 6.45) is 0. The van der Waals surface area contributed by atoms with E-state index in [0.29, 0.717) is 4.47 Å². The molecular weight excluding hydrogens is 301 g/mol. The average molecular weight is 314 g/mol. The molecule has 0 atom stereocenters. The molecule has 0 aliphatic rings. The summed E-state index contributed by atoms with van der Waals surface area (Å²) in [4.78, 5) is 1.28. The predicted molar refractivity (Wildman–Crippen MR) is 75.2 cm³/mol. The van der Waals surface area contributed by atoms with Crippen molar-refractivity contribution in [3.8, 4) is 0 Å². The van der Waals surface area contributed by atoms with Crippen LogP contribution >= 0.6 is 27.3 Å². The summed E-state index contributed by atoms with van der Waals surface area (Å²) in [5, 5.41) is 5.34. The zero-order valence-electron chi connectivity index (χ0n) is 9.68. The first-order chi connectivity index (χ1) is 8.08. The van der Waals surface area contributed by atoms with Crippen molar-refractivity contribution in [2.24, 2.45) is 0 Å². The van der Waals surface area contributed by atoms with Crippen LogP contribution in [0.3, 0.4) is 0 Å². The van der Waals surface area contributed by atoms with Crippen molar-refractivity contribution in [3.63, 3.8) is 0 Å². The molecule has 90 valence electrons. The van der Waals surface area contributed by atoms with Gasteiger partial charge in [-0.05, 0) is 64.5 Å². The van der Waals surface area contributed by atoms with Gasteiger partial charge in [0.1, 0.15) is 5.82 Å². The van der Waals surface area contributed by atoms with Crippen LogP contribution in [0.1, 0.15) is 16.0 Å². The van der Waals surface area contributed by atoms with Crippen molar-refractivity contribution >= 4 is 33.0 Å². The molecule has 1 N–H and O–H groups in total. The van der Waals surface area contributed by atoms with E-state index in [9.17, 15) is 4.39 Å². The largest absolute Gasteiger partial charge is 0.380 e. The zero-order chi connectivity index (χ0) is 12.4. The van der Waals surface area contributed by atoms with Crippen LogP contribution in [0.15, 0.2) is 28.1 Å². The Kier molecular flexibility index (Phi) is 3.84. The van der Waals surface area contributed by atoms with E-state index in [-0.39, 0.29) is 5.82 Å².